The van der Waals surface area contributed by atoms with E-state index >= 15 is 0 Å². The van der Waals surface area contributed by atoms with Gasteiger partial charge in [0, 0.05) is 24.0 Å². The smallest absolute Gasteiger partial charge is 0.291 e. The molecule has 1 aromatic heterocycles. The Labute approximate surface area is 194 Å². The molecular formula is C25H30N2O5S. The lowest BCUT2D eigenvalue weighted by Gasteiger charge is -2.30. The molecule has 1 fully saturated rings. The van der Waals surface area contributed by atoms with Crippen molar-refractivity contribution in [2.45, 2.75) is 56.9 Å². The van der Waals surface area contributed by atoms with E-state index in [0.29, 0.717) is 28.0 Å². The molecule has 1 heterocycles. The molecule has 33 heavy (non-hydrogen) atoms. The van der Waals surface area contributed by atoms with Crippen molar-refractivity contribution in [2.75, 3.05) is 19.5 Å². The van der Waals surface area contributed by atoms with Gasteiger partial charge in [0.05, 0.1) is 17.7 Å². The topological polar surface area (TPSA) is 88.8 Å². The molecule has 0 unspecified atom stereocenters. The number of furan rings is 1. The average Bonchev–Trinajstić information content (AvgIpc) is 3.15. The maximum atomic E-state index is 13.3. The normalized spacial score (nSPS) is 15.2. The van der Waals surface area contributed by atoms with Gasteiger partial charge in [-0.3, -0.25) is 4.79 Å². The number of sulfonamides is 1. The van der Waals surface area contributed by atoms with Crippen molar-refractivity contribution in [3.63, 3.8) is 0 Å². The maximum Gasteiger partial charge on any atom is 0.291 e. The molecule has 1 amide bonds. The molecule has 176 valence electrons. The third-order valence-electron chi connectivity index (χ3n) is 6.48. The van der Waals surface area contributed by atoms with Crippen molar-refractivity contribution < 1.29 is 22.4 Å². The molecule has 1 saturated carbocycles. The number of methoxy groups -OCH3 is 1. The van der Waals surface area contributed by atoms with E-state index in [2.05, 4.69) is 5.32 Å². The SMILES string of the molecule is COc1ccc(C)cc1NC(=O)c1oc2ccc(S(=O)(=O)N(C)C3CCCCC3)cc2c1C. The summed E-state index contributed by atoms with van der Waals surface area (Å²) < 4.78 is 39.2. The standard InChI is InChI=1S/C25H30N2O5S/c1-16-10-12-23(31-4)21(14-16)26-25(28)24-17(2)20-15-19(11-13-22(20)32-24)33(29,30)27(3)18-8-6-5-7-9-18/h10-15,18H,5-9H2,1-4H3,(H,26,28). The van der Waals surface area contributed by atoms with Gasteiger partial charge >= 0.3 is 0 Å². The zero-order valence-corrected chi connectivity index (χ0v) is 20.3. The van der Waals surface area contributed by atoms with E-state index in [-0.39, 0.29) is 16.7 Å². The molecule has 4 rings (SSSR count). The van der Waals surface area contributed by atoms with Crippen LogP contribution in [-0.4, -0.2) is 38.8 Å². The number of carbonyl (C=O) groups is 1. The van der Waals surface area contributed by atoms with Crippen LogP contribution in [0.5, 0.6) is 5.75 Å². The molecular weight excluding hydrogens is 440 g/mol. The van der Waals surface area contributed by atoms with E-state index in [0.717, 1.165) is 37.7 Å². The maximum absolute atomic E-state index is 13.3. The lowest BCUT2D eigenvalue weighted by Crippen LogP contribution is -2.38. The van der Waals surface area contributed by atoms with Crippen LogP contribution in [0.25, 0.3) is 11.0 Å². The number of aryl methyl sites for hydroxylation is 2. The van der Waals surface area contributed by atoms with Gasteiger partial charge in [-0.15, -0.1) is 0 Å². The number of anilines is 1. The molecule has 0 radical (unpaired) electrons. The van der Waals surface area contributed by atoms with Crippen molar-refractivity contribution in [3.05, 3.63) is 53.3 Å². The molecule has 0 saturated heterocycles. The summed E-state index contributed by atoms with van der Waals surface area (Å²) >= 11 is 0. The second-order valence-electron chi connectivity index (χ2n) is 8.69. The molecule has 0 atom stereocenters. The van der Waals surface area contributed by atoms with Gasteiger partial charge in [-0.25, -0.2) is 8.42 Å². The third kappa shape index (κ3) is 4.50. The fraction of sp³-hybridized carbons (Fsp3) is 0.400. The summed E-state index contributed by atoms with van der Waals surface area (Å²) in [6.07, 6.45) is 5.03. The van der Waals surface area contributed by atoms with Crippen LogP contribution < -0.4 is 10.1 Å². The van der Waals surface area contributed by atoms with Crippen molar-refractivity contribution >= 4 is 32.6 Å². The zero-order valence-electron chi connectivity index (χ0n) is 19.5. The number of carbonyl (C=O) groups excluding carboxylic acids is 1. The largest absolute Gasteiger partial charge is 0.495 e. The lowest BCUT2D eigenvalue weighted by atomic mass is 9.96. The number of rotatable bonds is 6. The molecule has 7 nitrogen and oxygen atoms in total. The van der Waals surface area contributed by atoms with Gasteiger partial charge in [-0.05, 0) is 62.6 Å². The average molecular weight is 471 g/mol. The Balaban J connectivity index is 1.65. The molecule has 3 aromatic rings. The first-order chi connectivity index (χ1) is 15.7. The van der Waals surface area contributed by atoms with Crippen LogP contribution in [0.1, 0.15) is 53.8 Å². The van der Waals surface area contributed by atoms with Crippen LogP contribution in [0.3, 0.4) is 0 Å². The summed E-state index contributed by atoms with van der Waals surface area (Å²) in [5.41, 5.74) is 2.57. The minimum atomic E-state index is -3.65. The van der Waals surface area contributed by atoms with Gasteiger partial charge < -0.3 is 14.5 Å². The van der Waals surface area contributed by atoms with Gasteiger partial charge in [0.25, 0.3) is 5.91 Å². The number of ether oxygens (including phenoxy) is 1. The number of hydrogen-bond acceptors (Lipinski definition) is 5. The minimum absolute atomic E-state index is 0.0236. The highest BCUT2D eigenvalue weighted by molar-refractivity contribution is 7.89. The van der Waals surface area contributed by atoms with Crippen LogP contribution in [0, 0.1) is 13.8 Å². The zero-order chi connectivity index (χ0) is 23.8. The summed E-state index contributed by atoms with van der Waals surface area (Å²) in [5, 5.41) is 3.45. The molecule has 0 bridgehead atoms. The fourth-order valence-corrected chi connectivity index (χ4v) is 5.93. The van der Waals surface area contributed by atoms with Crippen molar-refractivity contribution in [2.24, 2.45) is 0 Å². The molecule has 2 aromatic carbocycles. The Morgan fingerprint density at radius 1 is 1.09 bits per heavy atom. The Hall–Kier alpha value is -2.84. The monoisotopic (exact) mass is 470 g/mol. The molecule has 0 aliphatic heterocycles. The summed E-state index contributed by atoms with van der Waals surface area (Å²) in [7, 11) is -0.446. The number of fused-ring (bicyclic) bond motifs is 1. The van der Waals surface area contributed by atoms with Crippen LogP contribution in [0.4, 0.5) is 5.69 Å². The van der Waals surface area contributed by atoms with Gasteiger partial charge in [0.2, 0.25) is 10.0 Å². The Kier molecular flexibility index (Phi) is 6.50. The van der Waals surface area contributed by atoms with Crippen LogP contribution in [-0.2, 0) is 10.0 Å². The predicted octanol–water partition coefficient (Wildman–Crippen LogP) is 5.26. The van der Waals surface area contributed by atoms with Crippen molar-refractivity contribution in [1.29, 1.82) is 0 Å². The number of hydrogen-bond donors (Lipinski definition) is 1. The highest BCUT2D eigenvalue weighted by Gasteiger charge is 2.30. The second kappa shape index (κ2) is 9.19. The lowest BCUT2D eigenvalue weighted by molar-refractivity contribution is 0.0997. The molecule has 1 N–H and O–H groups in total. The van der Waals surface area contributed by atoms with E-state index in [1.165, 1.54) is 4.31 Å². The van der Waals surface area contributed by atoms with Gasteiger partial charge in [-0.1, -0.05) is 25.3 Å². The third-order valence-corrected chi connectivity index (χ3v) is 8.39. The molecule has 8 heteroatoms. The van der Waals surface area contributed by atoms with Gasteiger partial charge in [-0.2, -0.15) is 4.31 Å². The summed E-state index contributed by atoms with van der Waals surface area (Å²) in [6.45, 7) is 3.68. The molecule has 1 aliphatic carbocycles. The summed E-state index contributed by atoms with van der Waals surface area (Å²) in [6, 6.07) is 10.3. The Morgan fingerprint density at radius 3 is 2.52 bits per heavy atom. The Morgan fingerprint density at radius 2 is 1.82 bits per heavy atom. The summed E-state index contributed by atoms with van der Waals surface area (Å²) in [4.78, 5) is 13.2. The van der Waals surface area contributed by atoms with Crippen molar-refractivity contribution in [3.8, 4) is 5.75 Å². The van der Waals surface area contributed by atoms with Crippen LogP contribution in [0.2, 0.25) is 0 Å². The number of nitrogens with one attached hydrogen (secondary N) is 1. The van der Waals surface area contributed by atoms with Gasteiger partial charge in [0.15, 0.2) is 5.76 Å². The predicted molar refractivity (Wildman–Crippen MR) is 128 cm³/mol. The number of benzene rings is 2. The van der Waals surface area contributed by atoms with Crippen molar-refractivity contribution in [1.82, 2.24) is 4.31 Å². The fourth-order valence-electron chi connectivity index (χ4n) is 4.48. The number of nitrogens with zero attached hydrogens (tertiary/aromatic N) is 1. The highest BCUT2D eigenvalue weighted by Crippen LogP contribution is 2.32. The second-order valence-corrected chi connectivity index (χ2v) is 10.7. The van der Waals surface area contributed by atoms with E-state index < -0.39 is 15.9 Å². The number of amides is 1. The highest BCUT2D eigenvalue weighted by atomic mass is 32.2. The van der Waals surface area contributed by atoms with E-state index in [4.69, 9.17) is 9.15 Å². The van der Waals surface area contributed by atoms with Crippen LogP contribution in [0.15, 0.2) is 45.7 Å². The molecule has 1 aliphatic rings. The molecule has 0 spiro atoms. The minimum Gasteiger partial charge on any atom is -0.495 e. The quantitative estimate of drug-likeness (QED) is 0.531. The first-order valence-corrected chi connectivity index (χ1v) is 12.6. The van der Waals surface area contributed by atoms with E-state index in [1.807, 2.05) is 19.1 Å². The first kappa shape index (κ1) is 23.3. The Bertz CT molecular complexity index is 1290. The first-order valence-electron chi connectivity index (χ1n) is 11.2. The van der Waals surface area contributed by atoms with Crippen LogP contribution >= 0.6 is 0 Å². The van der Waals surface area contributed by atoms with E-state index in [1.54, 1.807) is 45.3 Å². The van der Waals surface area contributed by atoms with Gasteiger partial charge in [0.1, 0.15) is 11.3 Å². The summed E-state index contributed by atoms with van der Waals surface area (Å²) in [5.74, 6) is 0.266. The van der Waals surface area contributed by atoms with E-state index in [9.17, 15) is 13.2 Å².